The van der Waals surface area contributed by atoms with Crippen molar-refractivity contribution in [1.29, 1.82) is 0 Å². The first kappa shape index (κ1) is 24.2. The topological polar surface area (TPSA) is 88.5 Å². The summed E-state index contributed by atoms with van der Waals surface area (Å²) >= 11 is 0. The molecule has 8 heteroatoms. The fraction of sp³-hybridized carbons (Fsp3) is 0.500. The first-order valence-electron chi connectivity index (χ1n) is 10.4. The number of hydrogen-bond acceptors (Lipinski definition) is 3. The van der Waals surface area contributed by atoms with Gasteiger partial charge in [-0.25, -0.2) is 9.67 Å². The number of aryl methyl sites for hydroxylation is 1. The Bertz CT molecular complexity index is 864. The lowest BCUT2D eigenvalue weighted by molar-refractivity contribution is -0.119. The zero-order valence-electron chi connectivity index (χ0n) is 18.1. The fourth-order valence-electron chi connectivity index (χ4n) is 4.01. The zero-order valence-corrected chi connectivity index (χ0v) is 20.4. The van der Waals surface area contributed by atoms with Crippen molar-refractivity contribution >= 4 is 35.8 Å². The number of amides is 1. The van der Waals surface area contributed by atoms with Crippen LogP contribution in [0.2, 0.25) is 0 Å². The largest absolute Gasteiger partial charge is 0.370 e. The van der Waals surface area contributed by atoms with Gasteiger partial charge < -0.3 is 16.0 Å². The average Bonchev–Trinajstić information content (AvgIpc) is 2.99. The summed E-state index contributed by atoms with van der Waals surface area (Å²) in [6, 6.07) is 10.2. The number of benzene rings is 1. The maximum absolute atomic E-state index is 11.3. The van der Waals surface area contributed by atoms with Gasteiger partial charge in [-0.3, -0.25) is 4.79 Å². The van der Waals surface area contributed by atoms with E-state index in [2.05, 4.69) is 36.2 Å². The maximum atomic E-state index is 11.3. The number of aliphatic imine (C=N–C) groups is 1. The molecule has 1 aliphatic heterocycles. The monoisotopic (exact) mass is 524 g/mol. The van der Waals surface area contributed by atoms with E-state index in [0.29, 0.717) is 18.9 Å². The van der Waals surface area contributed by atoms with Crippen LogP contribution in [-0.4, -0.2) is 46.2 Å². The van der Waals surface area contributed by atoms with Crippen molar-refractivity contribution in [2.75, 3.05) is 19.6 Å². The molecule has 7 nitrogen and oxygen atoms in total. The number of piperidine rings is 1. The molecule has 2 heterocycles. The molecule has 164 valence electrons. The van der Waals surface area contributed by atoms with Gasteiger partial charge in [0.2, 0.25) is 5.91 Å². The zero-order chi connectivity index (χ0) is 20.8. The van der Waals surface area contributed by atoms with Gasteiger partial charge in [-0.15, -0.1) is 24.0 Å². The minimum Gasteiger partial charge on any atom is -0.370 e. The summed E-state index contributed by atoms with van der Waals surface area (Å²) < 4.78 is 1.98. The number of carbonyl (C=O) groups is 1. The van der Waals surface area contributed by atoms with Crippen LogP contribution in [0.4, 0.5) is 0 Å². The van der Waals surface area contributed by atoms with Crippen LogP contribution in [0.25, 0.3) is 5.69 Å². The minimum absolute atomic E-state index is 0. The van der Waals surface area contributed by atoms with Gasteiger partial charge in [0, 0.05) is 37.3 Å². The van der Waals surface area contributed by atoms with E-state index in [-0.39, 0.29) is 29.9 Å². The number of carbonyl (C=O) groups excluding carboxylic acids is 1. The Balaban J connectivity index is 0.00000320. The molecule has 1 atom stereocenters. The third-order valence-electron chi connectivity index (χ3n) is 5.47. The van der Waals surface area contributed by atoms with Gasteiger partial charge in [-0.05, 0) is 51.7 Å². The molecule has 1 amide bonds. The van der Waals surface area contributed by atoms with Crippen LogP contribution in [0.5, 0.6) is 0 Å². The molecule has 0 saturated carbocycles. The van der Waals surface area contributed by atoms with Crippen molar-refractivity contribution in [2.45, 2.75) is 46.6 Å². The molecule has 0 aliphatic carbocycles. The summed E-state index contributed by atoms with van der Waals surface area (Å²) in [5.41, 5.74) is 9.72. The standard InChI is InChI=1S/C22H32N6O.HI/c1-4-24-22(27-12-8-9-18(15-27)13-21(23)29)25-14-20-16(2)26-28(17(20)3)19-10-6-5-7-11-19;/h5-7,10-11,18H,4,8-9,12-15H2,1-3H3,(H2,23,29)(H,24,25);1H. The van der Waals surface area contributed by atoms with Gasteiger partial charge in [0.15, 0.2) is 5.96 Å². The molecular weight excluding hydrogens is 491 g/mol. The maximum Gasteiger partial charge on any atom is 0.217 e. The number of halogens is 1. The Morgan fingerprint density at radius 3 is 2.70 bits per heavy atom. The van der Waals surface area contributed by atoms with E-state index in [1.807, 2.05) is 29.8 Å². The number of nitrogens with one attached hydrogen (secondary N) is 1. The first-order valence-corrected chi connectivity index (χ1v) is 10.4. The molecule has 0 radical (unpaired) electrons. The second-order valence-corrected chi connectivity index (χ2v) is 7.69. The molecule has 1 saturated heterocycles. The third-order valence-corrected chi connectivity index (χ3v) is 5.47. The number of guanidine groups is 1. The number of nitrogens with two attached hydrogens (primary N) is 1. The lowest BCUT2D eigenvalue weighted by Gasteiger charge is -2.34. The van der Waals surface area contributed by atoms with Gasteiger partial charge in [0.1, 0.15) is 0 Å². The predicted molar refractivity (Wildman–Crippen MR) is 131 cm³/mol. The second kappa shape index (κ2) is 11.3. The number of hydrogen-bond donors (Lipinski definition) is 2. The van der Waals surface area contributed by atoms with Gasteiger partial charge >= 0.3 is 0 Å². The van der Waals surface area contributed by atoms with Crippen LogP contribution in [-0.2, 0) is 11.3 Å². The summed E-state index contributed by atoms with van der Waals surface area (Å²) in [5.74, 6) is 0.973. The smallest absolute Gasteiger partial charge is 0.217 e. The third kappa shape index (κ3) is 5.96. The van der Waals surface area contributed by atoms with Crippen molar-refractivity contribution in [3.05, 3.63) is 47.3 Å². The van der Waals surface area contributed by atoms with Gasteiger partial charge in [0.05, 0.1) is 17.9 Å². The van der Waals surface area contributed by atoms with E-state index < -0.39 is 0 Å². The number of para-hydroxylation sites is 1. The van der Waals surface area contributed by atoms with E-state index in [1.165, 1.54) is 0 Å². The van der Waals surface area contributed by atoms with E-state index in [1.54, 1.807) is 0 Å². The Morgan fingerprint density at radius 1 is 1.30 bits per heavy atom. The molecule has 1 unspecified atom stereocenters. The lowest BCUT2D eigenvalue weighted by atomic mass is 9.95. The van der Waals surface area contributed by atoms with Crippen molar-refractivity contribution in [3.8, 4) is 5.69 Å². The van der Waals surface area contributed by atoms with E-state index in [9.17, 15) is 4.79 Å². The van der Waals surface area contributed by atoms with Gasteiger partial charge in [0.25, 0.3) is 0 Å². The highest BCUT2D eigenvalue weighted by Gasteiger charge is 2.23. The van der Waals surface area contributed by atoms with Crippen molar-refractivity contribution in [1.82, 2.24) is 20.0 Å². The molecule has 3 rings (SSSR count). The number of primary amides is 1. The molecule has 30 heavy (non-hydrogen) atoms. The highest BCUT2D eigenvalue weighted by Crippen LogP contribution is 2.21. The average molecular weight is 524 g/mol. The van der Waals surface area contributed by atoms with Crippen LogP contribution in [0.1, 0.15) is 43.1 Å². The first-order chi connectivity index (χ1) is 14.0. The van der Waals surface area contributed by atoms with Gasteiger partial charge in [-0.1, -0.05) is 18.2 Å². The van der Waals surface area contributed by atoms with Crippen LogP contribution >= 0.6 is 24.0 Å². The molecule has 1 fully saturated rings. The van der Waals surface area contributed by atoms with Crippen LogP contribution in [0.3, 0.4) is 0 Å². The molecule has 0 spiro atoms. The number of aromatic nitrogens is 2. The summed E-state index contributed by atoms with van der Waals surface area (Å²) in [4.78, 5) is 18.5. The lowest BCUT2D eigenvalue weighted by Crippen LogP contribution is -2.47. The summed E-state index contributed by atoms with van der Waals surface area (Å²) in [6.07, 6.45) is 2.53. The van der Waals surface area contributed by atoms with Crippen molar-refractivity contribution < 1.29 is 4.79 Å². The molecule has 1 aliphatic rings. The predicted octanol–water partition coefficient (Wildman–Crippen LogP) is 3.16. The summed E-state index contributed by atoms with van der Waals surface area (Å²) in [5, 5.41) is 8.13. The van der Waals surface area contributed by atoms with E-state index in [0.717, 1.165) is 61.1 Å². The normalized spacial score (nSPS) is 16.8. The number of rotatable bonds is 6. The Hall–Kier alpha value is -2.10. The number of likely N-dealkylation sites (tertiary alicyclic amines) is 1. The molecule has 0 bridgehead atoms. The highest BCUT2D eigenvalue weighted by atomic mass is 127. The fourth-order valence-corrected chi connectivity index (χ4v) is 4.01. The molecular formula is C22H33IN6O. The molecule has 2 aromatic rings. The Kier molecular flexibility index (Phi) is 9.13. The van der Waals surface area contributed by atoms with E-state index >= 15 is 0 Å². The molecule has 1 aromatic heterocycles. The molecule has 3 N–H and O–H groups in total. The number of nitrogens with zero attached hydrogens (tertiary/aromatic N) is 4. The van der Waals surface area contributed by atoms with Crippen LogP contribution in [0, 0.1) is 19.8 Å². The highest BCUT2D eigenvalue weighted by molar-refractivity contribution is 14.0. The van der Waals surface area contributed by atoms with Crippen LogP contribution in [0.15, 0.2) is 35.3 Å². The van der Waals surface area contributed by atoms with Crippen molar-refractivity contribution in [2.24, 2.45) is 16.6 Å². The van der Waals surface area contributed by atoms with Gasteiger partial charge in [-0.2, -0.15) is 5.10 Å². The Morgan fingerprint density at radius 2 is 2.03 bits per heavy atom. The summed E-state index contributed by atoms with van der Waals surface area (Å²) in [6.45, 7) is 9.34. The quantitative estimate of drug-likeness (QED) is 0.345. The van der Waals surface area contributed by atoms with E-state index in [4.69, 9.17) is 15.8 Å². The summed E-state index contributed by atoms with van der Waals surface area (Å²) in [7, 11) is 0. The van der Waals surface area contributed by atoms with Crippen molar-refractivity contribution in [3.63, 3.8) is 0 Å². The van der Waals surface area contributed by atoms with Crippen LogP contribution < -0.4 is 11.1 Å². The molecule has 1 aromatic carbocycles. The second-order valence-electron chi connectivity index (χ2n) is 7.69. The Labute approximate surface area is 196 Å². The SMILES string of the molecule is CCNC(=NCc1c(C)nn(-c2ccccc2)c1C)N1CCCC(CC(N)=O)C1.I. The minimum atomic E-state index is -0.224.